The van der Waals surface area contributed by atoms with Crippen LogP contribution in [-0.2, 0) is 6.18 Å². The molecule has 1 aromatic carbocycles. The Hall–Kier alpha value is -2.03. The van der Waals surface area contributed by atoms with E-state index in [0.29, 0.717) is 0 Å². The van der Waals surface area contributed by atoms with Crippen molar-refractivity contribution in [3.63, 3.8) is 0 Å². The number of primary amides is 1. The molecule has 16 heavy (non-hydrogen) atoms. The molecule has 0 aliphatic rings. The van der Waals surface area contributed by atoms with Crippen molar-refractivity contribution in [1.29, 1.82) is 5.26 Å². The van der Waals surface area contributed by atoms with Gasteiger partial charge in [0.05, 0.1) is 22.8 Å². The number of nitrogens with two attached hydrogens (primary N) is 1. The standard InChI is InChI=1S/C10H7F3N2O/c1-5-2-6(4-14)8(9(15)16)7(3-5)10(11,12)13/h2-3H,1H3,(H2,15,16). The largest absolute Gasteiger partial charge is 0.417 e. The number of carbonyl (C=O) groups excluding carboxylic acids is 1. The number of rotatable bonds is 1. The smallest absolute Gasteiger partial charge is 0.366 e. The van der Waals surface area contributed by atoms with Crippen LogP contribution in [0.3, 0.4) is 0 Å². The first kappa shape index (κ1) is 12.0. The molecule has 84 valence electrons. The fourth-order valence-electron chi connectivity index (χ4n) is 1.36. The monoisotopic (exact) mass is 228 g/mol. The third kappa shape index (κ3) is 2.14. The molecule has 1 rings (SSSR count). The number of benzene rings is 1. The predicted octanol–water partition coefficient (Wildman–Crippen LogP) is 1.98. The van der Waals surface area contributed by atoms with Gasteiger partial charge in [-0.25, -0.2) is 0 Å². The highest BCUT2D eigenvalue weighted by Crippen LogP contribution is 2.34. The van der Waals surface area contributed by atoms with Crippen molar-refractivity contribution in [2.45, 2.75) is 13.1 Å². The Morgan fingerprint density at radius 2 is 2.00 bits per heavy atom. The van der Waals surface area contributed by atoms with Gasteiger partial charge >= 0.3 is 6.18 Å². The quantitative estimate of drug-likeness (QED) is 0.798. The van der Waals surface area contributed by atoms with Gasteiger partial charge in [-0.2, -0.15) is 18.4 Å². The lowest BCUT2D eigenvalue weighted by molar-refractivity contribution is -0.138. The minimum Gasteiger partial charge on any atom is -0.366 e. The second kappa shape index (κ2) is 3.85. The third-order valence-electron chi connectivity index (χ3n) is 1.95. The van der Waals surface area contributed by atoms with Crippen LogP contribution in [0.15, 0.2) is 12.1 Å². The van der Waals surface area contributed by atoms with E-state index in [1.165, 1.54) is 19.1 Å². The number of hydrogen-bond acceptors (Lipinski definition) is 2. The lowest BCUT2D eigenvalue weighted by Crippen LogP contribution is -2.20. The fraction of sp³-hybridized carbons (Fsp3) is 0.200. The van der Waals surface area contributed by atoms with E-state index in [-0.39, 0.29) is 11.1 Å². The van der Waals surface area contributed by atoms with Gasteiger partial charge in [0.2, 0.25) is 0 Å². The van der Waals surface area contributed by atoms with Crippen molar-refractivity contribution in [2.24, 2.45) is 5.73 Å². The molecule has 3 nitrogen and oxygen atoms in total. The van der Waals surface area contributed by atoms with Crippen molar-refractivity contribution >= 4 is 5.91 Å². The minimum atomic E-state index is -4.71. The number of nitriles is 1. The molecule has 2 N–H and O–H groups in total. The molecule has 0 unspecified atom stereocenters. The average molecular weight is 228 g/mol. The molecule has 0 radical (unpaired) electrons. The molecule has 0 bridgehead atoms. The van der Waals surface area contributed by atoms with E-state index in [9.17, 15) is 18.0 Å². The second-order valence-corrected chi connectivity index (χ2v) is 3.21. The van der Waals surface area contributed by atoms with Crippen molar-refractivity contribution in [3.8, 4) is 6.07 Å². The summed E-state index contributed by atoms with van der Waals surface area (Å²) in [5.74, 6) is -1.26. The summed E-state index contributed by atoms with van der Waals surface area (Å²) in [6.07, 6.45) is -4.71. The van der Waals surface area contributed by atoms with Gasteiger partial charge in [-0.05, 0) is 24.6 Å². The summed E-state index contributed by atoms with van der Waals surface area (Å²) in [5, 5.41) is 8.66. The molecule has 0 aromatic heterocycles. The Morgan fingerprint density at radius 1 is 1.44 bits per heavy atom. The van der Waals surface area contributed by atoms with Crippen LogP contribution in [0.1, 0.15) is 27.0 Å². The van der Waals surface area contributed by atoms with Gasteiger partial charge in [-0.15, -0.1) is 0 Å². The van der Waals surface area contributed by atoms with Gasteiger partial charge in [0, 0.05) is 0 Å². The van der Waals surface area contributed by atoms with Gasteiger partial charge in [0.15, 0.2) is 0 Å². The van der Waals surface area contributed by atoms with Gasteiger partial charge in [0.25, 0.3) is 5.91 Å². The fourth-order valence-corrected chi connectivity index (χ4v) is 1.36. The average Bonchev–Trinajstić information content (AvgIpc) is 2.14. The molecule has 0 spiro atoms. The Balaban J connectivity index is 3.66. The lowest BCUT2D eigenvalue weighted by Gasteiger charge is -2.12. The Bertz CT molecular complexity index is 486. The molecular weight excluding hydrogens is 221 g/mol. The highest BCUT2D eigenvalue weighted by Gasteiger charge is 2.36. The van der Waals surface area contributed by atoms with Gasteiger partial charge < -0.3 is 5.73 Å². The van der Waals surface area contributed by atoms with Crippen LogP contribution in [-0.4, -0.2) is 5.91 Å². The lowest BCUT2D eigenvalue weighted by atomic mass is 9.98. The van der Waals surface area contributed by atoms with Gasteiger partial charge in [-0.3, -0.25) is 4.79 Å². The summed E-state index contributed by atoms with van der Waals surface area (Å²) in [6.45, 7) is 1.40. The highest BCUT2D eigenvalue weighted by molar-refractivity contribution is 5.97. The first-order chi connectivity index (χ1) is 7.27. The van der Waals surface area contributed by atoms with Crippen molar-refractivity contribution in [3.05, 3.63) is 34.4 Å². The molecule has 0 aliphatic heterocycles. The summed E-state index contributed by atoms with van der Waals surface area (Å²) < 4.78 is 37.8. The second-order valence-electron chi connectivity index (χ2n) is 3.21. The van der Waals surface area contributed by atoms with E-state index in [4.69, 9.17) is 11.0 Å². The number of alkyl halides is 3. The molecule has 0 atom stereocenters. The van der Waals surface area contributed by atoms with Crippen LogP contribution in [0.4, 0.5) is 13.2 Å². The van der Waals surface area contributed by atoms with Crippen molar-refractivity contribution in [1.82, 2.24) is 0 Å². The Morgan fingerprint density at radius 3 is 2.38 bits per heavy atom. The first-order valence-corrected chi connectivity index (χ1v) is 4.19. The molecule has 0 fully saturated rings. The molecular formula is C10H7F3N2O. The minimum absolute atomic E-state index is 0.244. The topological polar surface area (TPSA) is 66.9 Å². The normalized spacial score (nSPS) is 10.9. The number of aryl methyl sites for hydroxylation is 1. The van der Waals surface area contributed by atoms with Crippen molar-refractivity contribution in [2.75, 3.05) is 0 Å². The van der Waals surface area contributed by atoms with E-state index in [0.717, 1.165) is 6.07 Å². The molecule has 0 saturated carbocycles. The van der Waals surface area contributed by atoms with Gasteiger partial charge in [0.1, 0.15) is 0 Å². The van der Waals surface area contributed by atoms with Crippen LogP contribution >= 0.6 is 0 Å². The third-order valence-corrected chi connectivity index (χ3v) is 1.95. The molecule has 1 aromatic rings. The zero-order chi connectivity index (χ0) is 12.5. The summed E-state index contributed by atoms with van der Waals surface area (Å²) in [5.41, 5.74) is 2.78. The summed E-state index contributed by atoms with van der Waals surface area (Å²) >= 11 is 0. The maximum atomic E-state index is 12.6. The van der Waals surface area contributed by atoms with E-state index in [2.05, 4.69) is 0 Å². The first-order valence-electron chi connectivity index (χ1n) is 4.19. The summed E-state index contributed by atoms with van der Waals surface area (Å²) in [4.78, 5) is 10.9. The number of hydrogen-bond donors (Lipinski definition) is 1. The highest BCUT2D eigenvalue weighted by atomic mass is 19.4. The van der Waals surface area contributed by atoms with Crippen LogP contribution in [0.2, 0.25) is 0 Å². The number of nitrogens with zero attached hydrogens (tertiary/aromatic N) is 1. The van der Waals surface area contributed by atoms with Crippen LogP contribution in [0.25, 0.3) is 0 Å². The van der Waals surface area contributed by atoms with Gasteiger partial charge in [-0.1, -0.05) is 0 Å². The molecule has 1 amide bonds. The SMILES string of the molecule is Cc1cc(C#N)c(C(N)=O)c(C(F)(F)F)c1. The van der Waals surface area contributed by atoms with Crippen LogP contribution < -0.4 is 5.73 Å². The number of carbonyl (C=O) groups is 1. The zero-order valence-electron chi connectivity index (χ0n) is 8.22. The summed E-state index contributed by atoms with van der Waals surface area (Å²) in [6, 6.07) is 3.51. The van der Waals surface area contributed by atoms with E-state index >= 15 is 0 Å². The Kier molecular flexibility index (Phi) is 2.90. The maximum absolute atomic E-state index is 12.6. The van der Waals surface area contributed by atoms with Crippen LogP contribution in [0, 0.1) is 18.3 Å². The van der Waals surface area contributed by atoms with E-state index in [1.807, 2.05) is 0 Å². The molecule has 0 aliphatic carbocycles. The van der Waals surface area contributed by atoms with Crippen molar-refractivity contribution < 1.29 is 18.0 Å². The number of amides is 1. The van der Waals surface area contributed by atoms with E-state index < -0.39 is 23.2 Å². The molecule has 6 heteroatoms. The van der Waals surface area contributed by atoms with E-state index in [1.54, 1.807) is 0 Å². The summed E-state index contributed by atoms with van der Waals surface area (Å²) in [7, 11) is 0. The number of halogens is 3. The molecule has 0 heterocycles. The maximum Gasteiger partial charge on any atom is 0.417 e. The van der Waals surface area contributed by atoms with Crippen LogP contribution in [0.5, 0.6) is 0 Å². The zero-order valence-corrected chi connectivity index (χ0v) is 8.22. The molecule has 0 saturated heterocycles. The Labute approximate surface area is 89.3 Å². The predicted molar refractivity (Wildman–Crippen MR) is 49.4 cm³/mol.